The number of hydrogen-bond donors (Lipinski definition) is 1. The van der Waals surface area contributed by atoms with Gasteiger partial charge in [-0.1, -0.05) is 6.07 Å². The zero-order valence-electron chi connectivity index (χ0n) is 10.1. The lowest BCUT2D eigenvalue weighted by molar-refractivity contribution is 0.195. The maximum Gasteiger partial charge on any atom is 0.317 e. The van der Waals surface area contributed by atoms with Gasteiger partial charge in [0.1, 0.15) is 0 Å². The molecule has 0 radical (unpaired) electrons. The molecule has 4 heteroatoms. The van der Waals surface area contributed by atoms with Crippen LogP contribution in [0.25, 0.3) is 0 Å². The number of rotatable bonds is 4. The van der Waals surface area contributed by atoms with E-state index in [0.717, 1.165) is 5.69 Å². The number of carbonyl (C=O) groups is 1. The van der Waals surface area contributed by atoms with Gasteiger partial charge in [-0.25, -0.2) is 4.79 Å². The van der Waals surface area contributed by atoms with Crippen molar-refractivity contribution >= 4 is 6.03 Å². The Morgan fingerprint density at radius 3 is 2.75 bits per heavy atom. The molecule has 1 heterocycles. The van der Waals surface area contributed by atoms with E-state index in [9.17, 15) is 4.79 Å². The molecule has 0 unspecified atom stereocenters. The smallest absolute Gasteiger partial charge is 0.317 e. The number of nitrogens with one attached hydrogen (secondary N) is 1. The Morgan fingerprint density at radius 1 is 1.50 bits per heavy atom. The van der Waals surface area contributed by atoms with Gasteiger partial charge >= 0.3 is 6.03 Å². The van der Waals surface area contributed by atoms with Gasteiger partial charge in [-0.15, -0.1) is 0 Å². The number of urea groups is 1. The molecule has 1 N–H and O–H groups in total. The van der Waals surface area contributed by atoms with Crippen LogP contribution in [0.2, 0.25) is 0 Å². The molecule has 0 fully saturated rings. The predicted octanol–water partition coefficient (Wildman–Crippen LogP) is 2.02. The van der Waals surface area contributed by atoms with E-state index in [4.69, 9.17) is 0 Å². The highest BCUT2D eigenvalue weighted by Gasteiger charge is 2.12. The van der Waals surface area contributed by atoms with E-state index in [1.54, 1.807) is 11.1 Å². The van der Waals surface area contributed by atoms with Crippen molar-refractivity contribution in [1.29, 1.82) is 0 Å². The van der Waals surface area contributed by atoms with Crippen molar-refractivity contribution in [2.24, 2.45) is 0 Å². The second kappa shape index (κ2) is 6.10. The minimum atomic E-state index is -0.0387. The van der Waals surface area contributed by atoms with E-state index in [1.807, 2.05) is 39.0 Å². The highest BCUT2D eigenvalue weighted by Crippen LogP contribution is 2.01. The first-order chi connectivity index (χ1) is 7.63. The lowest BCUT2D eigenvalue weighted by Gasteiger charge is -2.22. The second-order valence-electron chi connectivity index (χ2n) is 3.94. The van der Waals surface area contributed by atoms with Crippen LogP contribution in [0.1, 0.15) is 26.5 Å². The molecule has 0 bridgehead atoms. The van der Waals surface area contributed by atoms with Crippen LogP contribution in [-0.4, -0.2) is 28.5 Å². The third-order valence-corrected chi connectivity index (χ3v) is 2.16. The number of nitrogens with zero attached hydrogens (tertiary/aromatic N) is 2. The van der Waals surface area contributed by atoms with Crippen molar-refractivity contribution in [1.82, 2.24) is 15.2 Å². The third kappa shape index (κ3) is 3.88. The molecule has 0 aliphatic rings. The fourth-order valence-corrected chi connectivity index (χ4v) is 1.35. The molecule has 0 aliphatic carbocycles. The molecular formula is C12H19N3O. The summed E-state index contributed by atoms with van der Waals surface area (Å²) in [5.41, 5.74) is 0.906. The van der Waals surface area contributed by atoms with Crippen LogP contribution in [0, 0.1) is 0 Å². The van der Waals surface area contributed by atoms with E-state index < -0.39 is 0 Å². The van der Waals surface area contributed by atoms with Crippen molar-refractivity contribution < 1.29 is 4.79 Å². The highest BCUT2D eigenvalue weighted by molar-refractivity contribution is 5.74. The summed E-state index contributed by atoms with van der Waals surface area (Å²) in [4.78, 5) is 17.7. The first kappa shape index (κ1) is 12.5. The largest absolute Gasteiger partial charge is 0.336 e. The van der Waals surface area contributed by atoms with E-state index in [0.29, 0.717) is 13.1 Å². The lowest BCUT2D eigenvalue weighted by Crippen LogP contribution is -2.42. The molecule has 2 amide bonds. The molecular weight excluding hydrogens is 202 g/mol. The molecule has 16 heavy (non-hydrogen) atoms. The molecule has 88 valence electrons. The van der Waals surface area contributed by atoms with Crippen LogP contribution in [0.3, 0.4) is 0 Å². The normalized spacial score (nSPS) is 10.2. The SMILES string of the molecule is CCN(Cc1ccccn1)C(=O)NC(C)C. The van der Waals surface area contributed by atoms with Gasteiger partial charge in [0.05, 0.1) is 12.2 Å². The van der Waals surface area contributed by atoms with Crippen molar-refractivity contribution in [3.8, 4) is 0 Å². The standard InChI is InChI=1S/C12H19N3O/c1-4-15(12(16)14-10(2)3)9-11-7-5-6-8-13-11/h5-8,10H,4,9H2,1-3H3,(H,14,16). The van der Waals surface area contributed by atoms with E-state index in [-0.39, 0.29) is 12.1 Å². The van der Waals surface area contributed by atoms with Crippen molar-refractivity contribution in [2.75, 3.05) is 6.54 Å². The van der Waals surface area contributed by atoms with Gasteiger partial charge in [-0.2, -0.15) is 0 Å². The molecule has 4 nitrogen and oxygen atoms in total. The number of amides is 2. The first-order valence-corrected chi connectivity index (χ1v) is 5.58. The van der Waals surface area contributed by atoms with Crippen LogP contribution < -0.4 is 5.32 Å². The number of carbonyl (C=O) groups excluding carboxylic acids is 1. The summed E-state index contributed by atoms with van der Waals surface area (Å²) in [5.74, 6) is 0. The van der Waals surface area contributed by atoms with Gasteiger partial charge in [0.15, 0.2) is 0 Å². The Labute approximate surface area is 96.7 Å². The van der Waals surface area contributed by atoms with Gasteiger partial charge < -0.3 is 10.2 Å². The summed E-state index contributed by atoms with van der Waals surface area (Å²) in [6, 6.07) is 5.84. The van der Waals surface area contributed by atoms with Crippen LogP contribution in [-0.2, 0) is 6.54 Å². The number of hydrogen-bond acceptors (Lipinski definition) is 2. The monoisotopic (exact) mass is 221 g/mol. The molecule has 0 aromatic carbocycles. The van der Waals surface area contributed by atoms with Crippen LogP contribution in [0.4, 0.5) is 4.79 Å². The zero-order chi connectivity index (χ0) is 12.0. The molecule has 1 rings (SSSR count). The number of aromatic nitrogens is 1. The van der Waals surface area contributed by atoms with Crippen molar-refractivity contribution in [3.05, 3.63) is 30.1 Å². The molecule has 0 spiro atoms. The molecule has 1 aromatic rings. The Morgan fingerprint density at radius 2 is 2.25 bits per heavy atom. The molecule has 0 aliphatic heterocycles. The topological polar surface area (TPSA) is 45.2 Å². The van der Waals surface area contributed by atoms with E-state index >= 15 is 0 Å². The maximum atomic E-state index is 11.8. The van der Waals surface area contributed by atoms with Gasteiger partial charge in [0.25, 0.3) is 0 Å². The highest BCUT2D eigenvalue weighted by atomic mass is 16.2. The average molecular weight is 221 g/mol. The Bertz CT molecular complexity index is 324. The summed E-state index contributed by atoms with van der Waals surface area (Å²) in [7, 11) is 0. The maximum absolute atomic E-state index is 11.8. The van der Waals surface area contributed by atoms with Crippen LogP contribution >= 0.6 is 0 Å². The first-order valence-electron chi connectivity index (χ1n) is 5.58. The van der Waals surface area contributed by atoms with Crippen LogP contribution in [0.5, 0.6) is 0 Å². The van der Waals surface area contributed by atoms with Gasteiger partial charge in [-0.05, 0) is 32.9 Å². The predicted molar refractivity (Wildman–Crippen MR) is 64.0 cm³/mol. The van der Waals surface area contributed by atoms with Crippen molar-refractivity contribution in [2.45, 2.75) is 33.4 Å². The summed E-state index contributed by atoms with van der Waals surface area (Å²) < 4.78 is 0. The van der Waals surface area contributed by atoms with Gasteiger partial charge in [0, 0.05) is 18.8 Å². The van der Waals surface area contributed by atoms with E-state index in [1.165, 1.54) is 0 Å². The average Bonchev–Trinajstić information content (AvgIpc) is 2.26. The summed E-state index contributed by atoms with van der Waals surface area (Å²) in [6.45, 7) is 7.09. The summed E-state index contributed by atoms with van der Waals surface area (Å²) in [6.07, 6.45) is 1.74. The molecule has 0 atom stereocenters. The number of pyridine rings is 1. The third-order valence-electron chi connectivity index (χ3n) is 2.16. The Balaban J connectivity index is 2.58. The zero-order valence-corrected chi connectivity index (χ0v) is 10.1. The fourth-order valence-electron chi connectivity index (χ4n) is 1.35. The van der Waals surface area contributed by atoms with E-state index in [2.05, 4.69) is 10.3 Å². The molecule has 0 saturated carbocycles. The fraction of sp³-hybridized carbons (Fsp3) is 0.500. The minimum Gasteiger partial charge on any atom is -0.336 e. The minimum absolute atomic E-state index is 0.0387. The van der Waals surface area contributed by atoms with Crippen LogP contribution in [0.15, 0.2) is 24.4 Å². The Hall–Kier alpha value is -1.58. The summed E-state index contributed by atoms with van der Waals surface area (Å²) in [5, 5.41) is 2.87. The second-order valence-corrected chi connectivity index (χ2v) is 3.94. The molecule has 1 aromatic heterocycles. The summed E-state index contributed by atoms with van der Waals surface area (Å²) >= 11 is 0. The quantitative estimate of drug-likeness (QED) is 0.845. The Kier molecular flexibility index (Phi) is 4.76. The van der Waals surface area contributed by atoms with Gasteiger partial charge in [0.2, 0.25) is 0 Å². The van der Waals surface area contributed by atoms with Crippen molar-refractivity contribution in [3.63, 3.8) is 0 Å². The lowest BCUT2D eigenvalue weighted by atomic mass is 10.3. The molecule has 0 saturated heterocycles. The van der Waals surface area contributed by atoms with Gasteiger partial charge in [-0.3, -0.25) is 4.98 Å².